The Labute approximate surface area is 185 Å². The van der Waals surface area contributed by atoms with Crippen LogP contribution in [0.15, 0.2) is 54.6 Å². The third kappa shape index (κ3) is 7.60. The van der Waals surface area contributed by atoms with Gasteiger partial charge in [0.05, 0.1) is 19.8 Å². The Morgan fingerprint density at radius 3 is 2.41 bits per heavy atom. The molecule has 2 N–H and O–H groups in total. The van der Waals surface area contributed by atoms with Gasteiger partial charge in [-0.25, -0.2) is 9.59 Å². The van der Waals surface area contributed by atoms with Crippen LogP contribution < -0.4 is 15.4 Å². The summed E-state index contributed by atoms with van der Waals surface area (Å²) in [4.78, 5) is 47.6. The van der Waals surface area contributed by atoms with Gasteiger partial charge >= 0.3 is 11.9 Å². The van der Waals surface area contributed by atoms with E-state index in [1.165, 1.54) is 32.2 Å². The molecule has 32 heavy (non-hydrogen) atoms. The highest BCUT2D eigenvalue weighted by atomic mass is 16.5. The summed E-state index contributed by atoms with van der Waals surface area (Å²) in [6.45, 7) is 0.891. The van der Waals surface area contributed by atoms with Gasteiger partial charge in [-0.1, -0.05) is 18.2 Å². The Morgan fingerprint density at radius 2 is 1.75 bits per heavy atom. The van der Waals surface area contributed by atoms with Crippen LogP contribution in [0.2, 0.25) is 0 Å². The summed E-state index contributed by atoms with van der Waals surface area (Å²) in [7, 11) is 2.81. The SMILES string of the molecule is COC(=O)c1cccc(NC(=O)COC(=O)[C@H](C)NC(=O)C=Cc2ccc(OC)cc2)c1. The number of anilines is 1. The summed E-state index contributed by atoms with van der Waals surface area (Å²) in [5.41, 5.74) is 1.39. The molecule has 0 saturated heterocycles. The minimum Gasteiger partial charge on any atom is -0.497 e. The first-order chi connectivity index (χ1) is 15.3. The van der Waals surface area contributed by atoms with Crippen molar-refractivity contribution in [2.24, 2.45) is 0 Å². The molecule has 0 radical (unpaired) electrons. The average Bonchev–Trinajstić information content (AvgIpc) is 2.81. The number of carbonyl (C=O) groups excluding carboxylic acids is 4. The maximum absolute atomic E-state index is 12.0. The fraction of sp³-hybridized carbons (Fsp3) is 0.217. The van der Waals surface area contributed by atoms with Gasteiger partial charge in [-0.3, -0.25) is 9.59 Å². The number of rotatable bonds is 9. The highest BCUT2D eigenvalue weighted by Crippen LogP contribution is 2.13. The molecular formula is C23H24N2O7. The molecule has 0 heterocycles. The van der Waals surface area contributed by atoms with Crippen LogP contribution in [0.4, 0.5) is 5.69 Å². The van der Waals surface area contributed by atoms with Crippen LogP contribution in [0, 0.1) is 0 Å². The monoisotopic (exact) mass is 440 g/mol. The number of hydrogen-bond acceptors (Lipinski definition) is 7. The van der Waals surface area contributed by atoms with Crippen molar-refractivity contribution in [3.63, 3.8) is 0 Å². The molecule has 0 saturated carbocycles. The molecule has 9 nitrogen and oxygen atoms in total. The molecule has 0 aliphatic carbocycles. The van der Waals surface area contributed by atoms with Crippen LogP contribution in [0.3, 0.4) is 0 Å². The molecule has 1 atom stereocenters. The summed E-state index contributed by atoms with van der Waals surface area (Å²) in [6, 6.07) is 12.2. The van der Waals surface area contributed by atoms with Crippen LogP contribution in [-0.2, 0) is 23.9 Å². The number of hydrogen-bond donors (Lipinski definition) is 2. The van der Waals surface area contributed by atoms with E-state index in [0.29, 0.717) is 11.4 Å². The molecule has 0 unspecified atom stereocenters. The average molecular weight is 440 g/mol. The zero-order valence-electron chi connectivity index (χ0n) is 17.9. The van der Waals surface area contributed by atoms with Crippen molar-refractivity contribution in [2.45, 2.75) is 13.0 Å². The summed E-state index contributed by atoms with van der Waals surface area (Å²) < 4.78 is 14.6. The summed E-state index contributed by atoms with van der Waals surface area (Å²) in [5.74, 6) is -1.70. The lowest BCUT2D eigenvalue weighted by Crippen LogP contribution is -2.39. The van der Waals surface area contributed by atoms with E-state index >= 15 is 0 Å². The fourth-order valence-electron chi connectivity index (χ4n) is 2.51. The fourth-order valence-corrected chi connectivity index (χ4v) is 2.51. The van der Waals surface area contributed by atoms with Crippen LogP contribution in [-0.4, -0.2) is 50.6 Å². The second-order valence-corrected chi connectivity index (χ2v) is 6.57. The second kappa shape index (κ2) is 11.9. The summed E-state index contributed by atoms with van der Waals surface area (Å²) in [5, 5.41) is 4.98. The normalized spacial score (nSPS) is 11.3. The zero-order chi connectivity index (χ0) is 23.5. The number of esters is 2. The van der Waals surface area contributed by atoms with E-state index in [4.69, 9.17) is 9.47 Å². The topological polar surface area (TPSA) is 120 Å². The van der Waals surface area contributed by atoms with Gasteiger partial charge < -0.3 is 24.8 Å². The molecule has 0 fully saturated rings. The van der Waals surface area contributed by atoms with Gasteiger partial charge in [-0.05, 0) is 48.9 Å². The van der Waals surface area contributed by atoms with Crippen LogP contribution in [0.25, 0.3) is 6.08 Å². The molecule has 2 aromatic carbocycles. The molecule has 168 valence electrons. The van der Waals surface area contributed by atoms with E-state index < -0.39 is 36.4 Å². The lowest BCUT2D eigenvalue weighted by molar-refractivity contribution is -0.149. The summed E-state index contributed by atoms with van der Waals surface area (Å²) in [6.07, 6.45) is 2.87. The van der Waals surface area contributed by atoms with Crippen molar-refractivity contribution < 1.29 is 33.4 Å². The quantitative estimate of drug-likeness (QED) is 0.453. The lowest BCUT2D eigenvalue weighted by atomic mass is 10.2. The number of amides is 2. The third-order valence-corrected chi connectivity index (χ3v) is 4.17. The number of carbonyl (C=O) groups is 4. The van der Waals surface area contributed by atoms with Gasteiger partial charge in [0.15, 0.2) is 6.61 Å². The van der Waals surface area contributed by atoms with E-state index in [9.17, 15) is 19.2 Å². The van der Waals surface area contributed by atoms with Gasteiger partial charge in [-0.2, -0.15) is 0 Å². The minimum absolute atomic E-state index is 0.265. The maximum atomic E-state index is 12.0. The van der Waals surface area contributed by atoms with Gasteiger partial charge in [-0.15, -0.1) is 0 Å². The lowest BCUT2D eigenvalue weighted by Gasteiger charge is -2.12. The molecule has 2 aromatic rings. The molecule has 2 amide bonds. The first-order valence-corrected chi connectivity index (χ1v) is 9.60. The number of methoxy groups -OCH3 is 2. The van der Waals surface area contributed by atoms with Crippen LogP contribution in [0.1, 0.15) is 22.8 Å². The highest BCUT2D eigenvalue weighted by molar-refractivity contribution is 5.97. The molecule has 9 heteroatoms. The van der Waals surface area contributed by atoms with E-state index in [2.05, 4.69) is 15.4 Å². The van der Waals surface area contributed by atoms with E-state index in [1.54, 1.807) is 49.6 Å². The van der Waals surface area contributed by atoms with Crippen molar-refractivity contribution in [3.8, 4) is 5.75 Å². The molecule has 0 spiro atoms. The molecule has 0 bridgehead atoms. The molecular weight excluding hydrogens is 416 g/mol. The first-order valence-electron chi connectivity index (χ1n) is 9.60. The van der Waals surface area contributed by atoms with Crippen molar-refractivity contribution in [1.29, 1.82) is 0 Å². The Balaban J connectivity index is 1.79. The van der Waals surface area contributed by atoms with Gasteiger partial charge in [0, 0.05) is 11.8 Å². The zero-order valence-corrected chi connectivity index (χ0v) is 17.9. The first kappa shape index (κ1) is 24.1. The maximum Gasteiger partial charge on any atom is 0.337 e. The van der Waals surface area contributed by atoms with E-state index in [-0.39, 0.29) is 5.56 Å². The number of benzene rings is 2. The van der Waals surface area contributed by atoms with E-state index in [1.807, 2.05) is 0 Å². The smallest absolute Gasteiger partial charge is 0.337 e. The summed E-state index contributed by atoms with van der Waals surface area (Å²) >= 11 is 0. The Bertz CT molecular complexity index is 1000. The van der Waals surface area contributed by atoms with Gasteiger partial charge in [0.2, 0.25) is 5.91 Å². The number of nitrogens with one attached hydrogen (secondary N) is 2. The van der Waals surface area contributed by atoms with Crippen molar-refractivity contribution >= 4 is 35.5 Å². The molecule has 0 aliphatic heterocycles. The molecule has 2 rings (SSSR count). The van der Waals surface area contributed by atoms with Gasteiger partial charge in [0.1, 0.15) is 11.8 Å². The number of ether oxygens (including phenoxy) is 3. The largest absolute Gasteiger partial charge is 0.497 e. The Morgan fingerprint density at radius 1 is 1.03 bits per heavy atom. The minimum atomic E-state index is -0.960. The van der Waals surface area contributed by atoms with Crippen molar-refractivity contribution in [1.82, 2.24) is 5.32 Å². The third-order valence-electron chi connectivity index (χ3n) is 4.17. The Hall–Kier alpha value is -4.14. The Kier molecular flexibility index (Phi) is 8.97. The predicted octanol–water partition coefficient (Wildman–Crippen LogP) is 2.18. The molecule has 0 aromatic heterocycles. The molecule has 0 aliphatic rings. The van der Waals surface area contributed by atoms with Crippen molar-refractivity contribution in [3.05, 3.63) is 65.7 Å². The second-order valence-electron chi connectivity index (χ2n) is 6.57. The van der Waals surface area contributed by atoms with Crippen LogP contribution >= 0.6 is 0 Å². The highest BCUT2D eigenvalue weighted by Gasteiger charge is 2.17. The van der Waals surface area contributed by atoms with Crippen LogP contribution in [0.5, 0.6) is 5.75 Å². The van der Waals surface area contributed by atoms with E-state index in [0.717, 1.165) is 5.56 Å². The van der Waals surface area contributed by atoms with Crippen molar-refractivity contribution in [2.75, 3.05) is 26.1 Å². The standard InChI is InChI=1S/C23H24N2O7/c1-15(24-20(26)12-9-16-7-10-19(30-2)11-8-16)22(28)32-14-21(27)25-18-6-4-5-17(13-18)23(29)31-3/h4-13,15H,14H2,1-3H3,(H,24,26)(H,25,27)/t15-/m0/s1. The predicted molar refractivity (Wildman–Crippen MR) is 117 cm³/mol. The van der Waals surface area contributed by atoms with Gasteiger partial charge in [0.25, 0.3) is 5.91 Å².